The van der Waals surface area contributed by atoms with Gasteiger partial charge in [-0.2, -0.15) is 0 Å². The van der Waals surface area contributed by atoms with Gasteiger partial charge in [-0.25, -0.2) is 4.79 Å². The number of nitrogens with one attached hydrogen (secondary N) is 3. The number of nitrogens with two attached hydrogens (primary N) is 1. The number of rotatable bonds is 10. The lowest BCUT2D eigenvalue weighted by Gasteiger charge is -2.16. The second-order valence-electron chi connectivity index (χ2n) is 8.59. The SMILES string of the molecule is CCOC(=O)c1cc(C(=O)NCC(C)C)ccc1-c1ccccc1CNc1ccc(C(=N)N)cc1. The summed E-state index contributed by atoms with van der Waals surface area (Å²) in [7, 11) is 0. The van der Waals surface area contributed by atoms with Crippen LogP contribution in [0.4, 0.5) is 5.69 Å². The fourth-order valence-corrected chi connectivity index (χ4v) is 3.60. The number of ether oxygens (including phenoxy) is 1. The molecule has 0 bridgehead atoms. The highest BCUT2D eigenvalue weighted by atomic mass is 16.5. The van der Waals surface area contributed by atoms with Gasteiger partial charge in [0.1, 0.15) is 5.84 Å². The van der Waals surface area contributed by atoms with Gasteiger partial charge in [-0.15, -0.1) is 0 Å². The van der Waals surface area contributed by atoms with Gasteiger partial charge in [0.15, 0.2) is 0 Å². The average molecular weight is 473 g/mol. The van der Waals surface area contributed by atoms with Crippen LogP contribution >= 0.6 is 0 Å². The third-order valence-electron chi connectivity index (χ3n) is 5.43. The van der Waals surface area contributed by atoms with Crippen molar-refractivity contribution >= 4 is 23.4 Å². The van der Waals surface area contributed by atoms with Gasteiger partial charge < -0.3 is 21.1 Å². The topological polar surface area (TPSA) is 117 Å². The maximum absolute atomic E-state index is 12.9. The first-order chi connectivity index (χ1) is 16.8. The molecule has 0 aliphatic carbocycles. The van der Waals surface area contributed by atoms with Crippen LogP contribution in [0.25, 0.3) is 11.1 Å². The summed E-state index contributed by atoms with van der Waals surface area (Å²) in [5, 5.41) is 13.8. The minimum Gasteiger partial charge on any atom is -0.462 e. The third-order valence-corrected chi connectivity index (χ3v) is 5.43. The number of anilines is 1. The molecule has 0 aliphatic rings. The summed E-state index contributed by atoms with van der Waals surface area (Å²) in [4.78, 5) is 25.5. The van der Waals surface area contributed by atoms with Crippen molar-refractivity contribution in [2.24, 2.45) is 11.7 Å². The number of benzene rings is 3. The molecule has 3 aromatic rings. The molecular weight excluding hydrogens is 440 g/mol. The van der Waals surface area contributed by atoms with Crippen molar-refractivity contribution in [3.8, 4) is 11.1 Å². The highest BCUT2D eigenvalue weighted by Gasteiger charge is 2.19. The monoisotopic (exact) mass is 472 g/mol. The number of amides is 1. The Hall–Kier alpha value is -4.13. The summed E-state index contributed by atoms with van der Waals surface area (Å²) in [6.07, 6.45) is 0. The standard InChI is InChI=1S/C28H32N4O3/c1-4-35-28(34)25-15-20(27(33)32-16-18(2)3)11-14-24(25)23-8-6-5-7-21(23)17-31-22-12-9-19(10-13-22)26(29)30/h5-15,18,31H,4,16-17H2,1-3H3,(H3,29,30)(H,32,33). The first-order valence-electron chi connectivity index (χ1n) is 11.7. The predicted molar refractivity (Wildman–Crippen MR) is 140 cm³/mol. The van der Waals surface area contributed by atoms with Crippen LogP contribution in [0, 0.1) is 11.3 Å². The van der Waals surface area contributed by atoms with Crippen LogP contribution in [-0.2, 0) is 11.3 Å². The van der Waals surface area contributed by atoms with E-state index in [2.05, 4.69) is 10.6 Å². The van der Waals surface area contributed by atoms with E-state index in [0.29, 0.717) is 41.3 Å². The molecule has 0 spiro atoms. The molecule has 3 rings (SSSR count). The largest absolute Gasteiger partial charge is 0.462 e. The van der Waals surface area contributed by atoms with Crippen LogP contribution in [0.2, 0.25) is 0 Å². The second-order valence-corrected chi connectivity index (χ2v) is 8.59. The van der Waals surface area contributed by atoms with E-state index < -0.39 is 5.97 Å². The first kappa shape index (κ1) is 25.5. The van der Waals surface area contributed by atoms with Crippen LogP contribution < -0.4 is 16.4 Å². The summed E-state index contributed by atoms with van der Waals surface area (Å²) < 4.78 is 5.31. The molecule has 182 valence electrons. The molecule has 7 nitrogen and oxygen atoms in total. The number of hydrogen-bond donors (Lipinski definition) is 4. The van der Waals surface area contributed by atoms with Gasteiger partial charge in [-0.05, 0) is 65.9 Å². The molecule has 1 amide bonds. The molecule has 0 aliphatic heterocycles. The summed E-state index contributed by atoms with van der Waals surface area (Å²) >= 11 is 0. The molecule has 0 saturated heterocycles. The van der Waals surface area contributed by atoms with Gasteiger partial charge in [0.25, 0.3) is 5.91 Å². The maximum atomic E-state index is 12.9. The molecule has 0 unspecified atom stereocenters. The predicted octanol–water partition coefficient (Wildman–Crippen LogP) is 4.81. The Kier molecular flexibility index (Phi) is 8.62. The zero-order valence-electron chi connectivity index (χ0n) is 20.4. The van der Waals surface area contributed by atoms with E-state index in [1.165, 1.54) is 0 Å². The van der Waals surface area contributed by atoms with E-state index in [1.54, 1.807) is 37.3 Å². The summed E-state index contributed by atoms with van der Waals surface area (Å²) in [5.74, 6) is -0.348. The Morgan fingerprint density at radius 1 is 0.971 bits per heavy atom. The van der Waals surface area contributed by atoms with E-state index in [-0.39, 0.29) is 18.3 Å². The fraction of sp³-hybridized carbons (Fsp3) is 0.250. The molecule has 0 aromatic heterocycles. The van der Waals surface area contributed by atoms with Crippen LogP contribution in [0.1, 0.15) is 52.6 Å². The van der Waals surface area contributed by atoms with Crippen molar-refractivity contribution < 1.29 is 14.3 Å². The average Bonchev–Trinajstić information content (AvgIpc) is 2.86. The molecule has 0 heterocycles. The summed E-state index contributed by atoms with van der Waals surface area (Å²) in [6.45, 7) is 7.10. The number of hydrogen-bond acceptors (Lipinski definition) is 5. The van der Waals surface area contributed by atoms with Gasteiger partial charge in [-0.1, -0.05) is 44.2 Å². The molecule has 35 heavy (non-hydrogen) atoms. The number of nitrogen functional groups attached to an aromatic ring is 1. The molecule has 0 radical (unpaired) electrons. The van der Waals surface area contributed by atoms with E-state index in [9.17, 15) is 9.59 Å². The van der Waals surface area contributed by atoms with E-state index in [1.807, 2.05) is 50.2 Å². The Balaban J connectivity index is 1.92. The Morgan fingerprint density at radius 3 is 2.31 bits per heavy atom. The second kappa shape index (κ2) is 11.8. The first-order valence-corrected chi connectivity index (χ1v) is 11.7. The van der Waals surface area contributed by atoms with Crippen molar-refractivity contribution in [2.75, 3.05) is 18.5 Å². The number of esters is 1. The molecule has 0 fully saturated rings. The lowest BCUT2D eigenvalue weighted by molar-refractivity contribution is 0.0527. The van der Waals surface area contributed by atoms with Gasteiger partial charge in [-0.3, -0.25) is 10.2 Å². The summed E-state index contributed by atoms with van der Waals surface area (Å²) in [6, 6.07) is 20.3. The van der Waals surface area contributed by atoms with Crippen molar-refractivity contribution in [3.05, 3.63) is 89.0 Å². The summed E-state index contributed by atoms with van der Waals surface area (Å²) in [5.41, 5.74) is 10.4. The van der Waals surface area contributed by atoms with Gasteiger partial charge in [0, 0.05) is 29.9 Å². The lowest BCUT2D eigenvalue weighted by Crippen LogP contribution is -2.27. The number of amidine groups is 1. The van der Waals surface area contributed by atoms with Crippen LogP contribution in [-0.4, -0.2) is 30.9 Å². The van der Waals surface area contributed by atoms with Gasteiger partial charge in [0.05, 0.1) is 12.2 Å². The van der Waals surface area contributed by atoms with Crippen LogP contribution in [0.15, 0.2) is 66.7 Å². The Bertz CT molecular complexity index is 1200. The normalized spacial score (nSPS) is 10.6. The van der Waals surface area contributed by atoms with Crippen molar-refractivity contribution in [1.82, 2.24) is 5.32 Å². The highest BCUT2D eigenvalue weighted by molar-refractivity contribution is 6.02. The van der Waals surface area contributed by atoms with Gasteiger partial charge in [0.2, 0.25) is 0 Å². The van der Waals surface area contributed by atoms with E-state index >= 15 is 0 Å². The third kappa shape index (κ3) is 6.69. The minimum atomic E-state index is -0.469. The number of carbonyl (C=O) groups is 2. The molecule has 3 aromatic carbocycles. The Labute approximate surface area is 206 Å². The highest BCUT2D eigenvalue weighted by Crippen LogP contribution is 2.29. The molecule has 0 atom stereocenters. The molecule has 0 saturated carbocycles. The fourth-order valence-electron chi connectivity index (χ4n) is 3.60. The van der Waals surface area contributed by atoms with Crippen LogP contribution in [0.3, 0.4) is 0 Å². The molecular formula is C28H32N4O3. The van der Waals surface area contributed by atoms with Crippen molar-refractivity contribution in [2.45, 2.75) is 27.3 Å². The zero-order valence-corrected chi connectivity index (χ0v) is 20.4. The van der Waals surface area contributed by atoms with Crippen molar-refractivity contribution in [3.63, 3.8) is 0 Å². The maximum Gasteiger partial charge on any atom is 0.338 e. The van der Waals surface area contributed by atoms with Gasteiger partial charge >= 0.3 is 5.97 Å². The number of carbonyl (C=O) groups excluding carboxylic acids is 2. The van der Waals surface area contributed by atoms with E-state index in [4.69, 9.17) is 15.9 Å². The smallest absolute Gasteiger partial charge is 0.338 e. The molecule has 7 heteroatoms. The zero-order chi connectivity index (χ0) is 25.4. The quantitative estimate of drug-likeness (QED) is 0.192. The molecule has 5 N–H and O–H groups in total. The minimum absolute atomic E-state index is 0.0229. The van der Waals surface area contributed by atoms with Crippen LogP contribution in [0.5, 0.6) is 0 Å². The Morgan fingerprint density at radius 2 is 1.66 bits per heavy atom. The lowest BCUT2D eigenvalue weighted by atomic mass is 9.93. The van der Waals surface area contributed by atoms with Crippen molar-refractivity contribution in [1.29, 1.82) is 5.41 Å². The van der Waals surface area contributed by atoms with E-state index in [0.717, 1.165) is 16.8 Å².